The third-order valence-corrected chi connectivity index (χ3v) is 5.82. The van der Waals surface area contributed by atoms with Crippen LogP contribution in [0, 0.1) is 0 Å². The number of hydrogen-bond acceptors (Lipinski definition) is 6. The van der Waals surface area contributed by atoms with Crippen LogP contribution in [0.3, 0.4) is 0 Å². The van der Waals surface area contributed by atoms with Crippen molar-refractivity contribution < 1.29 is 4.79 Å². The first-order valence-corrected chi connectivity index (χ1v) is 11.2. The zero-order valence-corrected chi connectivity index (χ0v) is 18.9. The molecule has 0 spiro atoms. The van der Waals surface area contributed by atoms with E-state index in [2.05, 4.69) is 41.2 Å². The number of nitrogens with zero attached hydrogens (tertiary/aromatic N) is 4. The molecule has 0 aromatic carbocycles. The molecule has 3 aromatic heterocycles. The van der Waals surface area contributed by atoms with Gasteiger partial charge in [0.25, 0.3) is 5.91 Å². The molecule has 3 aromatic rings. The smallest absolute Gasteiger partial charge is 0.251 e. The Labute approximate surface area is 186 Å². The number of fused-ring (bicyclic) bond motifs is 1. The highest BCUT2D eigenvalue weighted by Gasteiger charge is 2.15. The van der Waals surface area contributed by atoms with Crippen LogP contribution in [-0.4, -0.2) is 52.4 Å². The second-order valence-corrected chi connectivity index (χ2v) is 7.85. The molecule has 3 heterocycles. The highest BCUT2D eigenvalue weighted by molar-refractivity contribution is 7.13. The lowest BCUT2D eigenvalue weighted by Gasteiger charge is -2.16. The Morgan fingerprint density at radius 1 is 1.39 bits per heavy atom. The molecule has 0 bridgehead atoms. The number of aromatic nitrogens is 3. The average molecular weight is 437 g/mol. The topological polar surface area (TPSA) is 83.7 Å². The summed E-state index contributed by atoms with van der Waals surface area (Å²) in [6.07, 6.45) is 7.81. The molecule has 1 amide bonds. The summed E-state index contributed by atoms with van der Waals surface area (Å²) < 4.78 is 1.71. The van der Waals surface area contributed by atoms with Crippen molar-refractivity contribution in [1.82, 2.24) is 25.2 Å². The summed E-state index contributed by atoms with van der Waals surface area (Å²) in [6.45, 7) is 9.37. The molecule has 1 atom stereocenters. The number of hydrogen-bond donors (Lipinski definition) is 2. The Hall–Kier alpha value is -3.10. The van der Waals surface area contributed by atoms with E-state index < -0.39 is 0 Å². The number of nitrogens with one attached hydrogen (secondary N) is 2. The summed E-state index contributed by atoms with van der Waals surface area (Å²) in [5.41, 5.74) is 3.38. The number of likely N-dealkylation sites (N-methyl/N-ethyl adjacent to an activating group) is 1. The molecule has 0 radical (unpaired) electrons. The number of carbonyl (C=O) groups excluding carboxylic acids is 1. The van der Waals surface area contributed by atoms with Crippen LogP contribution >= 0.6 is 11.3 Å². The Morgan fingerprint density at radius 3 is 2.87 bits per heavy atom. The molecule has 0 saturated heterocycles. The van der Waals surface area contributed by atoms with Crippen LogP contribution in [0.5, 0.6) is 0 Å². The van der Waals surface area contributed by atoms with Crippen LogP contribution in [-0.2, 0) is 4.79 Å². The summed E-state index contributed by atoms with van der Waals surface area (Å²) in [5.74, 6) is -0.184. The Bertz CT molecular complexity index is 1100. The third kappa shape index (κ3) is 5.34. The quantitative estimate of drug-likeness (QED) is 0.289. The number of rotatable bonds is 10. The van der Waals surface area contributed by atoms with Gasteiger partial charge in [-0.3, -0.25) is 9.79 Å². The zero-order chi connectivity index (χ0) is 22.2. The molecular formula is C23H28N6OS. The minimum Gasteiger partial charge on any atom is -0.350 e. The van der Waals surface area contributed by atoms with E-state index in [0.717, 1.165) is 29.1 Å². The molecular weight excluding hydrogens is 408 g/mol. The van der Waals surface area contributed by atoms with E-state index in [1.807, 2.05) is 29.8 Å². The van der Waals surface area contributed by atoms with Crippen molar-refractivity contribution in [2.75, 3.05) is 20.1 Å². The standard InChI is InChI=1S/C23H28N6OS/c1-5-16(23(30)26-14-17(6-2)25-7-3)13-20(24-4)18-15-27-29-11-10-19(28-22(18)29)21-9-8-12-31-21/h5,8-13,15,17,25H,1,6-7,14H2,2-4H3,(H,26,30)/b16-13+,24-20?. The maximum Gasteiger partial charge on any atom is 0.251 e. The molecule has 3 rings (SSSR count). The van der Waals surface area contributed by atoms with Gasteiger partial charge in [0.05, 0.1) is 28.0 Å². The zero-order valence-electron chi connectivity index (χ0n) is 18.1. The number of thiophene rings is 1. The van der Waals surface area contributed by atoms with E-state index in [-0.39, 0.29) is 11.9 Å². The highest BCUT2D eigenvalue weighted by Crippen LogP contribution is 2.24. The van der Waals surface area contributed by atoms with E-state index in [1.54, 1.807) is 41.2 Å². The van der Waals surface area contributed by atoms with Crippen LogP contribution in [0.2, 0.25) is 0 Å². The SMILES string of the molecule is C=C/C(=C\C(=NC)c1cnn2ccc(-c3cccs3)nc12)C(=O)NCC(CC)NCC. The van der Waals surface area contributed by atoms with Gasteiger partial charge in [0, 0.05) is 31.4 Å². The van der Waals surface area contributed by atoms with Crippen molar-refractivity contribution in [3.8, 4) is 10.6 Å². The third-order valence-electron chi connectivity index (χ3n) is 4.93. The molecule has 7 nitrogen and oxygen atoms in total. The van der Waals surface area contributed by atoms with E-state index in [0.29, 0.717) is 23.5 Å². The highest BCUT2D eigenvalue weighted by atomic mass is 32.1. The van der Waals surface area contributed by atoms with Crippen LogP contribution in [0.1, 0.15) is 25.8 Å². The predicted octanol–water partition coefficient (Wildman–Crippen LogP) is 3.49. The summed E-state index contributed by atoms with van der Waals surface area (Å²) in [6, 6.07) is 6.20. The predicted molar refractivity (Wildman–Crippen MR) is 128 cm³/mol. The van der Waals surface area contributed by atoms with Gasteiger partial charge >= 0.3 is 0 Å². The normalized spacial score (nSPS) is 13.4. The van der Waals surface area contributed by atoms with Gasteiger partial charge < -0.3 is 10.6 Å². The molecule has 0 fully saturated rings. The average Bonchev–Trinajstić information content (AvgIpc) is 3.47. The fourth-order valence-electron chi connectivity index (χ4n) is 3.21. The molecule has 0 aliphatic heterocycles. The van der Waals surface area contributed by atoms with Crippen molar-refractivity contribution in [1.29, 1.82) is 0 Å². The van der Waals surface area contributed by atoms with Crippen LogP contribution < -0.4 is 10.6 Å². The lowest BCUT2D eigenvalue weighted by atomic mass is 10.1. The molecule has 8 heteroatoms. The fourth-order valence-corrected chi connectivity index (χ4v) is 3.90. The Morgan fingerprint density at radius 2 is 2.23 bits per heavy atom. The van der Waals surface area contributed by atoms with Gasteiger partial charge in [0.2, 0.25) is 0 Å². The largest absolute Gasteiger partial charge is 0.350 e. The van der Waals surface area contributed by atoms with E-state index >= 15 is 0 Å². The monoisotopic (exact) mass is 436 g/mol. The lowest BCUT2D eigenvalue weighted by Crippen LogP contribution is -2.40. The van der Waals surface area contributed by atoms with Crippen LogP contribution in [0.4, 0.5) is 0 Å². The van der Waals surface area contributed by atoms with Gasteiger partial charge in [0.15, 0.2) is 5.65 Å². The van der Waals surface area contributed by atoms with Crippen molar-refractivity contribution >= 4 is 28.6 Å². The summed E-state index contributed by atoms with van der Waals surface area (Å²) in [5, 5.41) is 12.7. The molecule has 0 aliphatic rings. The van der Waals surface area contributed by atoms with Crippen molar-refractivity contribution in [2.45, 2.75) is 26.3 Å². The van der Waals surface area contributed by atoms with E-state index in [1.165, 1.54) is 0 Å². The maximum absolute atomic E-state index is 12.7. The Balaban J connectivity index is 1.87. The van der Waals surface area contributed by atoms with Gasteiger partial charge in [-0.25, -0.2) is 9.50 Å². The van der Waals surface area contributed by atoms with Gasteiger partial charge in [-0.05, 0) is 36.6 Å². The number of aliphatic imine (C=N–C) groups is 1. The summed E-state index contributed by atoms with van der Waals surface area (Å²) in [7, 11) is 1.69. The van der Waals surface area contributed by atoms with Gasteiger partial charge in [0.1, 0.15) is 0 Å². The first-order chi connectivity index (χ1) is 15.1. The second-order valence-electron chi connectivity index (χ2n) is 6.90. The minimum absolute atomic E-state index is 0.184. The molecule has 2 N–H and O–H groups in total. The van der Waals surface area contributed by atoms with Crippen molar-refractivity contribution in [2.24, 2.45) is 4.99 Å². The number of carbonyl (C=O) groups is 1. The fraction of sp³-hybridized carbons (Fsp3) is 0.304. The second kappa shape index (κ2) is 10.8. The molecule has 31 heavy (non-hydrogen) atoms. The first-order valence-electron chi connectivity index (χ1n) is 10.3. The Kier molecular flexibility index (Phi) is 7.86. The number of amides is 1. The molecule has 0 saturated carbocycles. The van der Waals surface area contributed by atoms with Gasteiger partial charge in [-0.15, -0.1) is 11.3 Å². The summed E-state index contributed by atoms with van der Waals surface area (Å²) >= 11 is 1.63. The van der Waals surface area contributed by atoms with Crippen molar-refractivity contribution in [3.63, 3.8) is 0 Å². The first kappa shape index (κ1) is 22.6. The van der Waals surface area contributed by atoms with Gasteiger partial charge in [-0.1, -0.05) is 32.6 Å². The molecule has 162 valence electrons. The van der Waals surface area contributed by atoms with E-state index in [9.17, 15) is 4.79 Å². The van der Waals surface area contributed by atoms with Crippen LogP contribution in [0.15, 0.2) is 65.3 Å². The summed E-state index contributed by atoms with van der Waals surface area (Å²) in [4.78, 5) is 23.0. The molecule has 1 unspecified atom stereocenters. The van der Waals surface area contributed by atoms with Crippen molar-refractivity contribution in [3.05, 3.63) is 65.8 Å². The molecule has 0 aliphatic carbocycles. The van der Waals surface area contributed by atoms with E-state index in [4.69, 9.17) is 4.98 Å². The minimum atomic E-state index is -0.184. The number of allylic oxidation sites excluding steroid dienone is 1. The van der Waals surface area contributed by atoms with Gasteiger partial charge in [-0.2, -0.15) is 5.10 Å². The van der Waals surface area contributed by atoms with Crippen LogP contribution in [0.25, 0.3) is 16.2 Å². The maximum atomic E-state index is 12.7. The lowest BCUT2D eigenvalue weighted by molar-refractivity contribution is -0.117.